The van der Waals surface area contributed by atoms with Crippen LogP contribution < -0.4 is 0 Å². The van der Waals surface area contributed by atoms with Gasteiger partial charge in [0.2, 0.25) is 0 Å². The SMILES string of the molecule is CCCCCCCCCCCCCCCCC(CCCC)C(=O)OCCCCCCCCCCCC. The molecule has 0 aromatic heterocycles. The van der Waals surface area contributed by atoms with E-state index in [1.54, 1.807) is 0 Å². The van der Waals surface area contributed by atoms with Gasteiger partial charge in [-0.05, 0) is 19.3 Å². The second-order valence-electron chi connectivity index (χ2n) is 11.6. The minimum absolute atomic E-state index is 0.0917. The van der Waals surface area contributed by atoms with Crippen molar-refractivity contribution >= 4 is 5.97 Å². The smallest absolute Gasteiger partial charge is 0.308 e. The zero-order chi connectivity index (χ0) is 26.4. The first-order chi connectivity index (χ1) is 17.8. The third kappa shape index (κ3) is 26.5. The van der Waals surface area contributed by atoms with Gasteiger partial charge in [0.15, 0.2) is 0 Å². The molecule has 0 aliphatic carbocycles. The van der Waals surface area contributed by atoms with Gasteiger partial charge in [0.25, 0.3) is 0 Å². The largest absolute Gasteiger partial charge is 0.465 e. The van der Waals surface area contributed by atoms with E-state index in [4.69, 9.17) is 4.74 Å². The summed E-state index contributed by atoms with van der Waals surface area (Å²) in [5.41, 5.74) is 0. The maximum Gasteiger partial charge on any atom is 0.308 e. The fourth-order valence-corrected chi connectivity index (χ4v) is 5.30. The maximum atomic E-state index is 12.7. The lowest BCUT2D eigenvalue weighted by Gasteiger charge is -2.16. The van der Waals surface area contributed by atoms with Crippen molar-refractivity contribution in [1.82, 2.24) is 0 Å². The van der Waals surface area contributed by atoms with Crippen molar-refractivity contribution in [3.63, 3.8) is 0 Å². The van der Waals surface area contributed by atoms with Crippen LogP contribution in [0.1, 0.15) is 201 Å². The van der Waals surface area contributed by atoms with Crippen molar-refractivity contribution in [1.29, 1.82) is 0 Å². The van der Waals surface area contributed by atoms with E-state index in [1.807, 2.05) is 0 Å². The lowest BCUT2D eigenvalue weighted by atomic mass is 9.95. The van der Waals surface area contributed by atoms with Crippen molar-refractivity contribution < 1.29 is 9.53 Å². The summed E-state index contributed by atoms with van der Waals surface area (Å²) in [6, 6.07) is 0. The Hall–Kier alpha value is -0.530. The zero-order valence-corrected chi connectivity index (χ0v) is 25.4. The summed E-state index contributed by atoms with van der Waals surface area (Å²) in [6.07, 6.45) is 37.0. The van der Waals surface area contributed by atoms with Gasteiger partial charge < -0.3 is 4.74 Å². The summed E-state index contributed by atoms with van der Waals surface area (Å²) in [5, 5.41) is 0. The van der Waals surface area contributed by atoms with Crippen LogP contribution in [-0.4, -0.2) is 12.6 Å². The van der Waals surface area contributed by atoms with E-state index in [2.05, 4.69) is 20.8 Å². The minimum Gasteiger partial charge on any atom is -0.465 e. The van der Waals surface area contributed by atoms with E-state index in [-0.39, 0.29) is 11.9 Å². The number of esters is 1. The highest BCUT2D eigenvalue weighted by Crippen LogP contribution is 2.20. The van der Waals surface area contributed by atoms with Gasteiger partial charge in [0.05, 0.1) is 12.5 Å². The Morgan fingerprint density at radius 3 is 1.11 bits per heavy atom. The number of hydrogen-bond donors (Lipinski definition) is 0. The Labute approximate surface area is 228 Å². The van der Waals surface area contributed by atoms with Gasteiger partial charge in [-0.25, -0.2) is 0 Å². The minimum atomic E-state index is 0.0917. The van der Waals surface area contributed by atoms with E-state index >= 15 is 0 Å². The number of unbranched alkanes of at least 4 members (excludes halogenated alkanes) is 23. The number of ether oxygens (including phenoxy) is 1. The van der Waals surface area contributed by atoms with Gasteiger partial charge in [-0.1, -0.05) is 181 Å². The molecule has 1 unspecified atom stereocenters. The molecule has 216 valence electrons. The van der Waals surface area contributed by atoms with Crippen molar-refractivity contribution in [3.8, 4) is 0 Å². The lowest BCUT2D eigenvalue weighted by molar-refractivity contribution is -0.149. The third-order valence-electron chi connectivity index (χ3n) is 7.89. The Balaban J connectivity index is 3.64. The summed E-state index contributed by atoms with van der Waals surface area (Å²) in [4.78, 5) is 12.7. The number of rotatable bonds is 30. The molecule has 0 bridgehead atoms. The first kappa shape index (κ1) is 35.5. The van der Waals surface area contributed by atoms with Crippen molar-refractivity contribution in [2.24, 2.45) is 5.92 Å². The van der Waals surface area contributed by atoms with Crippen molar-refractivity contribution in [2.45, 2.75) is 201 Å². The zero-order valence-electron chi connectivity index (χ0n) is 25.4. The summed E-state index contributed by atoms with van der Waals surface area (Å²) in [6.45, 7) is 7.42. The molecule has 2 nitrogen and oxygen atoms in total. The fourth-order valence-electron chi connectivity index (χ4n) is 5.30. The molecule has 1 atom stereocenters. The second-order valence-corrected chi connectivity index (χ2v) is 11.6. The predicted molar refractivity (Wildman–Crippen MR) is 161 cm³/mol. The van der Waals surface area contributed by atoms with Gasteiger partial charge in [0.1, 0.15) is 0 Å². The fraction of sp³-hybridized carbons (Fsp3) is 0.971. The average molecular weight is 509 g/mol. The molecule has 0 aliphatic rings. The molecule has 0 aromatic rings. The Kier molecular flexibility index (Phi) is 30.2. The molecule has 0 saturated heterocycles. The normalized spacial score (nSPS) is 12.2. The predicted octanol–water partition coefficient (Wildman–Crippen LogP) is 12.1. The molecule has 0 rings (SSSR count). The molecule has 0 saturated carbocycles. The maximum absolute atomic E-state index is 12.7. The number of carbonyl (C=O) groups is 1. The van der Waals surface area contributed by atoms with Crippen LogP contribution in [0.2, 0.25) is 0 Å². The standard InChI is InChI=1S/C34H68O2/c1-4-7-10-12-14-16-18-19-20-21-22-24-26-28-31-33(30-9-6-3)34(35)36-32-29-27-25-23-17-15-13-11-8-5-2/h33H,4-32H2,1-3H3. The first-order valence-electron chi connectivity index (χ1n) is 16.9. The lowest BCUT2D eigenvalue weighted by Crippen LogP contribution is -2.18. The van der Waals surface area contributed by atoms with Crippen LogP contribution in [0, 0.1) is 5.92 Å². The van der Waals surface area contributed by atoms with Crippen LogP contribution in [0.3, 0.4) is 0 Å². The average Bonchev–Trinajstić information content (AvgIpc) is 2.89. The van der Waals surface area contributed by atoms with Gasteiger partial charge in [-0.2, -0.15) is 0 Å². The number of carbonyl (C=O) groups excluding carboxylic acids is 1. The van der Waals surface area contributed by atoms with E-state index < -0.39 is 0 Å². The molecule has 36 heavy (non-hydrogen) atoms. The highest BCUT2D eigenvalue weighted by Gasteiger charge is 2.18. The molecule has 0 radical (unpaired) electrons. The first-order valence-corrected chi connectivity index (χ1v) is 16.9. The van der Waals surface area contributed by atoms with Crippen LogP contribution in [0.25, 0.3) is 0 Å². The molecule has 0 fully saturated rings. The summed E-state index contributed by atoms with van der Waals surface area (Å²) in [5.74, 6) is 0.236. The monoisotopic (exact) mass is 509 g/mol. The van der Waals surface area contributed by atoms with Gasteiger partial charge in [-0.3, -0.25) is 4.79 Å². The number of hydrogen-bond acceptors (Lipinski definition) is 2. The van der Waals surface area contributed by atoms with E-state index in [1.165, 1.54) is 154 Å². The molecule has 0 amide bonds. The van der Waals surface area contributed by atoms with E-state index in [0.29, 0.717) is 6.61 Å². The molecule has 2 heteroatoms. The summed E-state index contributed by atoms with van der Waals surface area (Å²) >= 11 is 0. The van der Waals surface area contributed by atoms with Gasteiger partial charge >= 0.3 is 5.97 Å². The van der Waals surface area contributed by atoms with Gasteiger partial charge in [0, 0.05) is 0 Å². The Morgan fingerprint density at radius 1 is 0.417 bits per heavy atom. The molecule has 0 aliphatic heterocycles. The summed E-state index contributed by atoms with van der Waals surface area (Å²) in [7, 11) is 0. The molecular formula is C34H68O2. The van der Waals surface area contributed by atoms with Crippen molar-refractivity contribution in [2.75, 3.05) is 6.61 Å². The van der Waals surface area contributed by atoms with Crippen LogP contribution >= 0.6 is 0 Å². The van der Waals surface area contributed by atoms with Crippen LogP contribution in [-0.2, 0) is 9.53 Å². The van der Waals surface area contributed by atoms with Crippen LogP contribution in [0.15, 0.2) is 0 Å². The molecule has 0 aromatic carbocycles. The quantitative estimate of drug-likeness (QED) is 0.0712. The molecule has 0 spiro atoms. The third-order valence-corrected chi connectivity index (χ3v) is 7.89. The highest BCUT2D eigenvalue weighted by molar-refractivity contribution is 5.72. The van der Waals surface area contributed by atoms with Gasteiger partial charge in [-0.15, -0.1) is 0 Å². The van der Waals surface area contributed by atoms with E-state index in [9.17, 15) is 4.79 Å². The molecule has 0 heterocycles. The molecular weight excluding hydrogens is 440 g/mol. The highest BCUT2D eigenvalue weighted by atomic mass is 16.5. The van der Waals surface area contributed by atoms with Crippen LogP contribution in [0.4, 0.5) is 0 Å². The van der Waals surface area contributed by atoms with Crippen LogP contribution in [0.5, 0.6) is 0 Å². The second kappa shape index (κ2) is 30.7. The van der Waals surface area contributed by atoms with E-state index in [0.717, 1.165) is 25.7 Å². The Morgan fingerprint density at radius 2 is 0.722 bits per heavy atom. The van der Waals surface area contributed by atoms with Crippen molar-refractivity contribution in [3.05, 3.63) is 0 Å². The Bertz CT molecular complexity index is 419. The summed E-state index contributed by atoms with van der Waals surface area (Å²) < 4.78 is 5.70. The molecule has 0 N–H and O–H groups in total. The topological polar surface area (TPSA) is 26.3 Å².